The standard InChI is InChI=1S/C20H17N7O/c1-26-9-13(7-23-26)10-27-11-14(5-18(27)28)20-24-17-8-22-16-3-2-12(6-21)4-15(16)19(17)25-20/h2-4,7-9,14H,5,10-11H2,1H3,(H,24,25)/t14-/m0/s1. The van der Waals surface area contributed by atoms with Crippen LogP contribution >= 0.6 is 0 Å². The van der Waals surface area contributed by atoms with E-state index in [1.54, 1.807) is 23.1 Å². The highest BCUT2D eigenvalue weighted by Crippen LogP contribution is 2.30. The fraction of sp³-hybridized carbons (Fsp3) is 0.250. The van der Waals surface area contributed by atoms with Crippen LogP contribution in [0.2, 0.25) is 0 Å². The second kappa shape index (κ2) is 6.16. The Morgan fingerprint density at radius 2 is 2.25 bits per heavy atom. The van der Waals surface area contributed by atoms with Gasteiger partial charge in [0.05, 0.1) is 40.6 Å². The van der Waals surface area contributed by atoms with Gasteiger partial charge in [0.2, 0.25) is 5.91 Å². The van der Waals surface area contributed by atoms with Crippen molar-refractivity contribution in [2.24, 2.45) is 7.05 Å². The third-order valence-electron chi connectivity index (χ3n) is 5.20. The molecule has 8 nitrogen and oxygen atoms in total. The number of hydrogen-bond acceptors (Lipinski definition) is 5. The summed E-state index contributed by atoms with van der Waals surface area (Å²) in [7, 11) is 1.86. The van der Waals surface area contributed by atoms with Crippen LogP contribution in [0, 0.1) is 11.3 Å². The number of H-pyrrole nitrogens is 1. The number of nitriles is 1. The van der Waals surface area contributed by atoms with Gasteiger partial charge in [-0.15, -0.1) is 0 Å². The number of fused-ring (bicyclic) bond motifs is 3. The lowest BCUT2D eigenvalue weighted by molar-refractivity contribution is -0.128. The number of likely N-dealkylation sites (tertiary alicyclic amines) is 1. The van der Waals surface area contributed by atoms with E-state index in [2.05, 4.69) is 21.1 Å². The quantitative estimate of drug-likeness (QED) is 0.595. The first-order valence-electron chi connectivity index (χ1n) is 9.04. The normalized spacial score (nSPS) is 16.9. The number of hydrogen-bond donors (Lipinski definition) is 1. The Kier molecular flexibility index (Phi) is 3.62. The number of carbonyl (C=O) groups is 1. The van der Waals surface area contributed by atoms with Gasteiger partial charge in [0.1, 0.15) is 5.82 Å². The van der Waals surface area contributed by atoms with Gasteiger partial charge in [-0.05, 0) is 18.2 Å². The zero-order valence-corrected chi connectivity index (χ0v) is 15.3. The number of aromatic amines is 1. The molecular formula is C20H17N7O. The number of imidazole rings is 1. The van der Waals surface area contributed by atoms with Gasteiger partial charge in [-0.1, -0.05) is 0 Å². The number of aromatic nitrogens is 5. The molecule has 1 amide bonds. The highest BCUT2D eigenvalue weighted by molar-refractivity contribution is 6.02. The molecule has 0 unspecified atom stereocenters. The van der Waals surface area contributed by atoms with Gasteiger partial charge in [0, 0.05) is 49.6 Å². The molecule has 3 aromatic heterocycles. The number of pyridine rings is 1. The van der Waals surface area contributed by atoms with Crippen molar-refractivity contribution in [2.45, 2.75) is 18.9 Å². The van der Waals surface area contributed by atoms with Gasteiger partial charge in [0.25, 0.3) is 0 Å². The second-order valence-corrected chi connectivity index (χ2v) is 7.18. The van der Waals surface area contributed by atoms with E-state index in [9.17, 15) is 10.1 Å². The molecule has 0 saturated carbocycles. The SMILES string of the molecule is Cn1cc(CN2C[C@@H](c3nc4c(cnc5ccc(C#N)cc54)[nH]3)CC2=O)cn1. The summed E-state index contributed by atoms with van der Waals surface area (Å²) < 4.78 is 1.74. The van der Waals surface area contributed by atoms with Crippen molar-refractivity contribution in [1.29, 1.82) is 5.26 Å². The molecule has 28 heavy (non-hydrogen) atoms. The summed E-state index contributed by atoms with van der Waals surface area (Å²) in [5.41, 5.74) is 3.99. The number of amides is 1. The first-order valence-corrected chi connectivity index (χ1v) is 9.04. The molecule has 1 fully saturated rings. The van der Waals surface area contributed by atoms with Gasteiger partial charge in [0.15, 0.2) is 0 Å². The van der Waals surface area contributed by atoms with E-state index < -0.39 is 0 Å². The summed E-state index contributed by atoms with van der Waals surface area (Å²) in [4.78, 5) is 26.9. The monoisotopic (exact) mass is 371 g/mol. The summed E-state index contributed by atoms with van der Waals surface area (Å²) in [5.74, 6) is 0.906. The fourth-order valence-corrected chi connectivity index (χ4v) is 3.82. The minimum atomic E-state index is 0.00534. The first-order chi connectivity index (χ1) is 13.6. The van der Waals surface area contributed by atoms with Gasteiger partial charge >= 0.3 is 0 Å². The van der Waals surface area contributed by atoms with Crippen molar-refractivity contribution >= 4 is 27.8 Å². The average Bonchev–Trinajstić information content (AvgIpc) is 3.40. The number of aryl methyl sites for hydroxylation is 1. The molecule has 1 atom stereocenters. The smallest absolute Gasteiger partial charge is 0.223 e. The van der Waals surface area contributed by atoms with Gasteiger partial charge in [-0.2, -0.15) is 10.4 Å². The van der Waals surface area contributed by atoms with Crippen LogP contribution in [-0.4, -0.2) is 42.1 Å². The number of nitrogens with zero attached hydrogens (tertiary/aromatic N) is 6. The summed E-state index contributed by atoms with van der Waals surface area (Å²) in [6.07, 6.45) is 5.89. The topological polar surface area (TPSA) is 103 Å². The summed E-state index contributed by atoms with van der Waals surface area (Å²) in [6.45, 7) is 1.17. The van der Waals surface area contributed by atoms with E-state index in [4.69, 9.17) is 4.98 Å². The van der Waals surface area contributed by atoms with Crippen molar-refractivity contribution in [3.63, 3.8) is 0 Å². The predicted molar refractivity (Wildman–Crippen MR) is 102 cm³/mol. The Labute approximate surface area is 160 Å². The maximum atomic E-state index is 12.5. The Morgan fingerprint density at radius 3 is 3.04 bits per heavy atom. The maximum Gasteiger partial charge on any atom is 0.223 e. The molecule has 0 bridgehead atoms. The minimum Gasteiger partial charge on any atom is -0.340 e. The van der Waals surface area contributed by atoms with E-state index in [1.807, 2.05) is 30.3 Å². The molecule has 0 spiro atoms. The Bertz CT molecular complexity index is 1260. The summed E-state index contributed by atoms with van der Waals surface area (Å²) in [5, 5.41) is 14.2. The van der Waals surface area contributed by atoms with Gasteiger partial charge < -0.3 is 9.88 Å². The van der Waals surface area contributed by atoms with Crippen LogP contribution in [0.4, 0.5) is 0 Å². The minimum absolute atomic E-state index is 0.00534. The lowest BCUT2D eigenvalue weighted by Gasteiger charge is -2.14. The van der Waals surface area contributed by atoms with Crippen LogP contribution in [-0.2, 0) is 18.4 Å². The molecule has 4 aromatic rings. The molecule has 1 aliphatic rings. The summed E-state index contributed by atoms with van der Waals surface area (Å²) >= 11 is 0. The molecule has 5 rings (SSSR count). The van der Waals surface area contributed by atoms with E-state index >= 15 is 0 Å². The van der Waals surface area contributed by atoms with Gasteiger partial charge in [-0.25, -0.2) is 4.98 Å². The predicted octanol–water partition coefficient (Wildman–Crippen LogP) is 2.23. The molecular weight excluding hydrogens is 354 g/mol. The van der Waals surface area contributed by atoms with Crippen LogP contribution < -0.4 is 0 Å². The number of benzene rings is 1. The van der Waals surface area contributed by atoms with Crippen molar-refractivity contribution in [2.75, 3.05) is 6.54 Å². The molecule has 0 radical (unpaired) electrons. The third-order valence-corrected chi connectivity index (χ3v) is 5.20. The van der Waals surface area contributed by atoms with Crippen LogP contribution in [0.5, 0.6) is 0 Å². The molecule has 4 heterocycles. The van der Waals surface area contributed by atoms with Gasteiger partial charge in [-0.3, -0.25) is 14.5 Å². The van der Waals surface area contributed by atoms with Crippen LogP contribution in [0.1, 0.15) is 29.3 Å². The molecule has 1 saturated heterocycles. The van der Waals surface area contributed by atoms with E-state index in [0.717, 1.165) is 33.3 Å². The van der Waals surface area contributed by atoms with E-state index in [-0.39, 0.29) is 11.8 Å². The Hall–Kier alpha value is -3.73. The second-order valence-electron chi connectivity index (χ2n) is 7.18. The third kappa shape index (κ3) is 2.68. The van der Waals surface area contributed by atoms with Crippen molar-refractivity contribution in [1.82, 2.24) is 29.6 Å². The molecule has 1 aliphatic heterocycles. The average molecular weight is 371 g/mol. The first kappa shape index (κ1) is 16.4. The van der Waals surface area contributed by atoms with Crippen molar-refractivity contribution in [3.05, 3.63) is 53.7 Å². The lowest BCUT2D eigenvalue weighted by Crippen LogP contribution is -2.24. The number of nitrogens with one attached hydrogen (secondary N) is 1. The zero-order valence-electron chi connectivity index (χ0n) is 15.3. The van der Waals surface area contributed by atoms with Crippen molar-refractivity contribution in [3.8, 4) is 6.07 Å². The highest BCUT2D eigenvalue weighted by Gasteiger charge is 2.32. The van der Waals surface area contributed by atoms with Crippen LogP contribution in [0.3, 0.4) is 0 Å². The molecule has 1 N–H and O–H groups in total. The summed E-state index contributed by atoms with van der Waals surface area (Å²) in [6, 6.07) is 7.55. The van der Waals surface area contributed by atoms with Crippen molar-refractivity contribution < 1.29 is 4.79 Å². The molecule has 1 aromatic carbocycles. The molecule has 8 heteroatoms. The molecule has 138 valence electrons. The van der Waals surface area contributed by atoms with Crippen LogP contribution in [0.15, 0.2) is 36.8 Å². The van der Waals surface area contributed by atoms with E-state index in [1.165, 1.54) is 0 Å². The zero-order chi connectivity index (χ0) is 19.3. The number of rotatable bonds is 3. The van der Waals surface area contributed by atoms with Crippen LogP contribution in [0.25, 0.3) is 21.9 Å². The maximum absolute atomic E-state index is 12.5. The number of carbonyl (C=O) groups excluding carboxylic acids is 1. The van der Waals surface area contributed by atoms with E-state index in [0.29, 0.717) is 25.1 Å². The highest BCUT2D eigenvalue weighted by atomic mass is 16.2. The Balaban J connectivity index is 1.47. The largest absolute Gasteiger partial charge is 0.340 e. The fourth-order valence-electron chi connectivity index (χ4n) is 3.82. The molecule has 0 aliphatic carbocycles. The Morgan fingerprint density at radius 1 is 1.36 bits per heavy atom. The lowest BCUT2D eigenvalue weighted by atomic mass is 10.1.